The molecular weight excluding hydrogens is 1580 g/mol. The molecule has 0 unspecified atom stereocenters. The largest absolute Gasteiger partial charge is 0.448 e. The molecule has 0 aliphatic carbocycles. The summed E-state index contributed by atoms with van der Waals surface area (Å²) in [5.74, 6) is 7.65. The first kappa shape index (κ1) is 115. The standard InChI is InChI=1S/C12H22N2.C12H21NO.2C11H21N3.4C11H20N2O.C10H19N3O/c1-11(2,3)9-7-8-10(13-9)14-12(4,5)6;1-11(2,3)7-9-8-14-10(13-9)12(4,5)6;1-10(2,3)8-7-12-9(13-8)14-11(4,5)6;1-10(2,3)8-7-9(14-13-8)12-11(4,5)6;1-10(2,3)8-7-14-9(12-8)13-11(4,5)6;1-10(2,3)8-7-12-9(14-8)13-11(4,5)6;1-10(2,3)8-7-9(13-14-8)12-11(4,5)6;1-10(2,3)8-7-9(14-13-8)12-11(4,5)6;1-9(2,3)7-12-13-8(14-7)11-10(4,5)6/h8,14H,7H2,1-6H3;8H,7H2,1-6H3;2*7H,1-6H3,(H2,12,13,14);3*7H,1-6H3,(H,12,13);7,12H,1-6H3;1-6H3,(H,11,13). The Hall–Kier alpha value is -8.58. The lowest BCUT2D eigenvalue weighted by atomic mass is 9.89. The second-order valence-electron chi connectivity index (χ2n) is 51.9. The molecule has 10 N–H and O–H groups in total. The second-order valence-corrected chi connectivity index (χ2v) is 51.9. The van der Waals surface area contributed by atoms with Gasteiger partial charge in [-0.3, -0.25) is 5.10 Å². The fourth-order valence-corrected chi connectivity index (χ4v) is 9.94. The van der Waals surface area contributed by atoms with Crippen LogP contribution in [0.15, 0.2) is 86.7 Å². The summed E-state index contributed by atoms with van der Waals surface area (Å²) in [4.78, 5) is 25.3. The van der Waals surface area contributed by atoms with Gasteiger partial charge < -0.3 is 74.2 Å². The maximum absolute atomic E-state index is 5.60. The Balaban J connectivity index is 0.000000709. The van der Waals surface area contributed by atoms with Gasteiger partial charge in [0, 0.05) is 135 Å². The monoisotopic (exact) mass is 1760 g/mol. The van der Waals surface area contributed by atoms with Crippen molar-refractivity contribution in [3.05, 3.63) is 107 Å². The van der Waals surface area contributed by atoms with Crippen molar-refractivity contribution in [1.29, 1.82) is 0 Å². The van der Waals surface area contributed by atoms with Crippen molar-refractivity contribution in [1.82, 2.24) is 60.9 Å². The fourth-order valence-electron chi connectivity index (χ4n) is 9.94. The summed E-state index contributed by atoms with van der Waals surface area (Å²) in [5.41, 5.74) is 7.51. The maximum atomic E-state index is 5.60. The Kier molecular flexibility index (Phi) is 39.6. The smallest absolute Gasteiger partial charge is 0.315 e. The number of anilines is 7. The molecule has 8 aromatic heterocycles. The van der Waals surface area contributed by atoms with E-state index in [0.29, 0.717) is 23.9 Å². The lowest BCUT2D eigenvalue weighted by molar-refractivity contribution is 0.330. The van der Waals surface area contributed by atoms with Gasteiger partial charge in [-0.15, -0.1) is 5.10 Å². The van der Waals surface area contributed by atoms with Crippen molar-refractivity contribution in [3.63, 3.8) is 0 Å². The van der Waals surface area contributed by atoms with Crippen LogP contribution in [0, 0.1) is 10.8 Å². The van der Waals surface area contributed by atoms with Gasteiger partial charge in [0.2, 0.25) is 17.7 Å². The van der Waals surface area contributed by atoms with Gasteiger partial charge >= 0.3 is 6.01 Å². The van der Waals surface area contributed by atoms with Gasteiger partial charge in [-0.05, 0) is 184 Å². The highest BCUT2D eigenvalue weighted by Crippen LogP contribution is 2.33. The molecule has 0 saturated heterocycles. The minimum absolute atomic E-state index is 0.00862. The molecule has 0 radical (unpaired) electrons. The molecule has 0 aromatic carbocycles. The van der Waals surface area contributed by atoms with E-state index >= 15 is 0 Å². The van der Waals surface area contributed by atoms with Crippen LogP contribution in [0.4, 0.5) is 41.5 Å². The Labute approximate surface area is 765 Å². The number of oxazole rings is 3. The average Bonchev–Trinajstić information content (AvgIpc) is 1.76. The average molecular weight is 1760 g/mol. The van der Waals surface area contributed by atoms with Gasteiger partial charge in [0.15, 0.2) is 11.7 Å². The zero-order chi connectivity index (χ0) is 98.8. The molecule has 26 nitrogen and oxygen atoms in total. The van der Waals surface area contributed by atoms with Crippen molar-refractivity contribution in [2.45, 2.75) is 474 Å². The number of aromatic amines is 2. The summed E-state index contributed by atoms with van der Waals surface area (Å²) in [6.45, 7) is 114. The van der Waals surface area contributed by atoms with E-state index in [4.69, 9.17) is 26.7 Å². The molecule has 1 aliphatic rings. The highest BCUT2D eigenvalue weighted by atomic mass is 16.5. The third kappa shape index (κ3) is 51.4. The highest BCUT2D eigenvalue weighted by Gasteiger charge is 2.30. The SMILES string of the molecule is CC(C)(C)Cc1coc(C(C)(C)C)n1.CC(C)(C)NC1=CCC(C(C)(C)C)=N1.CC(C)(C)Nc1cc(C(C)(C)C)[nH]n1.CC(C)(C)Nc1cc(C(C)(C)C)no1.CC(C)(C)Nc1cc(C(C)(C)C)on1.CC(C)(C)Nc1nc(C(C)(C)C)co1.CC(C)(C)Nc1ncc(C(C)(C)C)[nH]1.CC(C)(C)Nc1ncc(C(C)(C)C)o1.CC(C)(C)Nc1nnc(C(C)(C)C)o1. The van der Waals surface area contributed by atoms with Crippen molar-refractivity contribution in [2.24, 2.45) is 15.8 Å². The van der Waals surface area contributed by atoms with E-state index in [1.807, 2.05) is 59.9 Å². The molecule has 26 heteroatoms. The lowest BCUT2D eigenvalue weighted by Gasteiger charge is -2.22. The van der Waals surface area contributed by atoms with Crippen molar-refractivity contribution >= 4 is 47.2 Å². The van der Waals surface area contributed by atoms with E-state index < -0.39 is 0 Å². The van der Waals surface area contributed by atoms with Crippen LogP contribution in [-0.4, -0.2) is 106 Å². The van der Waals surface area contributed by atoms with Crippen LogP contribution in [0.1, 0.15) is 432 Å². The molecular formula is C100H184N20O6. The zero-order valence-electron chi connectivity index (χ0n) is 90.0. The van der Waals surface area contributed by atoms with Crippen LogP contribution < -0.4 is 42.5 Å². The number of H-pyrrole nitrogens is 2. The number of hydrogen-bond acceptors (Lipinski definition) is 24. The van der Waals surface area contributed by atoms with Gasteiger partial charge in [0.05, 0.1) is 29.5 Å². The number of allylic oxidation sites excluding steroid dienone is 1. The summed E-state index contributed by atoms with van der Waals surface area (Å²) in [6, 6.07) is 7.69. The van der Waals surface area contributed by atoms with E-state index in [2.05, 4.69) is 448 Å². The third-order valence-electron chi connectivity index (χ3n) is 16.3. The molecule has 1 aliphatic heterocycles. The molecule has 0 amide bonds. The van der Waals surface area contributed by atoms with E-state index in [1.165, 1.54) is 5.71 Å². The summed E-state index contributed by atoms with van der Waals surface area (Å²) < 4.78 is 32.4. The fraction of sp³-hybridized carbons (Fsp3) is 0.740. The van der Waals surface area contributed by atoms with Gasteiger partial charge in [0.25, 0.3) is 12.0 Å². The summed E-state index contributed by atoms with van der Waals surface area (Å²) in [6.07, 6.45) is 11.3. The van der Waals surface area contributed by atoms with Gasteiger partial charge in [0.1, 0.15) is 35.7 Å². The number of hydrogen-bond donors (Lipinski definition) is 10. The first-order valence-corrected chi connectivity index (χ1v) is 45.0. The van der Waals surface area contributed by atoms with Crippen LogP contribution in [-0.2, 0) is 49.7 Å². The maximum Gasteiger partial charge on any atom is 0.315 e. The third-order valence-corrected chi connectivity index (χ3v) is 16.3. The van der Waals surface area contributed by atoms with Crippen LogP contribution >= 0.6 is 0 Å². The second kappa shape index (κ2) is 43.2. The van der Waals surface area contributed by atoms with E-state index in [0.717, 1.165) is 88.0 Å². The van der Waals surface area contributed by atoms with Crippen LogP contribution in [0.25, 0.3) is 0 Å². The highest BCUT2D eigenvalue weighted by molar-refractivity contribution is 5.93. The molecule has 126 heavy (non-hydrogen) atoms. The lowest BCUT2D eigenvalue weighted by Crippen LogP contribution is -2.34. The molecule has 0 spiro atoms. The predicted octanol–water partition coefficient (Wildman–Crippen LogP) is 27.8. The van der Waals surface area contributed by atoms with E-state index in [1.54, 1.807) is 18.7 Å². The van der Waals surface area contributed by atoms with E-state index in [9.17, 15) is 0 Å². The summed E-state index contributed by atoms with van der Waals surface area (Å²) in [7, 11) is 0. The quantitative estimate of drug-likeness (QED) is 0.0642. The van der Waals surface area contributed by atoms with Gasteiger partial charge in [-0.25, -0.2) is 19.9 Å². The summed E-state index contributed by atoms with van der Waals surface area (Å²) in [5, 5.41) is 49.3. The number of nitrogens with one attached hydrogen (secondary N) is 10. The van der Waals surface area contributed by atoms with Crippen molar-refractivity contribution in [2.75, 3.05) is 37.2 Å². The van der Waals surface area contributed by atoms with E-state index in [-0.39, 0.29) is 98.5 Å². The minimum atomic E-state index is -0.0924. The molecule has 0 bridgehead atoms. The number of nitrogens with zero attached hydrogens (tertiary/aromatic N) is 10. The Morgan fingerprint density at radius 2 is 0.802 bits per heavy atom. The number of rotatable bonds is 9. The summed E-state index contributed by atoms with van der Waals surface area (Å²) >= 11 is 0. The normalized spacial score (nSPS) is 13.6. The molecule has 0 saturated carbocycles. The predicted molar refractivity (Wildman–Crippen MR) is 533 cm³/mol. The van der Waals surface area contributed by atoms with Gasteiger partial charge in [-0.1, -0.05) is 223 Å². The number of aliphatic imine (C=N–C) groups is 1. The first-order chi connectivity index (χ1) is 55.7. The zero-order valence-corrected chi connectivity index (χ0v) is 90.0. The molecule has 0 fully saturated rings. The Bertz CT molecular complexity index is 3730. The Morgan fingerprint density at radius 1 is 0.341 bits per heavy atom. The topological polar surface area (TPSA) is 335 Å². The molecule has 8 aromatic rings. The van der Waals surface area contributed by atoms with Crippen molar-refractivity contribution < 1.29 is 26.7 Å². The van der Waals surface area contributed by atoms with Crippen molar-refractivity contribution in [3.8, 4) is 0 Å². The Morgan fingerprint density at radius 3 is 1.16 bits per heavy atom. The van der Waals surface area contributed by atoms with Crippen LogP contribution in [0.5, 0.6) is 0 Å². The molecule has 0 atom stereocenters. The van der Waals surface area contributed by atoms with Gasteiger partial charge in [-0.2, -0.15) is 10.1 Å². The first-order valence-electron chi connectivity index (χ1n) is 45.0. The number of aromatic nitrogens is 11. The number of imidazole rings is 1. The van der Waals surface area contributed by atoms with Crippen LogP contribution in [0.2, 0.25) is 0 Å². The molecule has 720 valence electrons. The molecule has 9 rings (SSSR count). The molecule has 9 heterocycles. The van der Waals surface area contributed by atoms with Crippen LogP contribution in [0.3, 0.4) is 0 Å². The minimum Gasteiger partial charge on any atom is -0.448 e.